The number of nitrogens with zero attached hydrogens (tertiary/aromatic N) is 2. The van der Waals surface area contributed by atoms with Gasteiger partial charge in [0.1, 0.15) is 5.02 Å². The molecule has 1 saturated heterocycles. The summed E-state index contributed by atoms with van der Waals surface area (Å²) in [6.45, 7) is 4.58. The van der Waals surface area contributed by atoms with E-state index in [1.807, 2.05) is 6.07 Å². The summed E-state index contributed by atoms with van der Waals surface area (Å²) in [6, 6.07) is 16.9. The molecule has 0 aliphatic carbocycles. The van der Waals surface area contributed by atoms with Crippen LogP contribution in [0.15, 0.2) is 59.5 Å². The molecule has 0 radical (unpaired) electrons. The van der Waals surface area contributed by atoms with Crippen molar-refractivity contribution in [3.05, 3.63) is 75.7 Å². The number of piperazine rings is 1. The molecule has 0 amide bonds. The Kier molecular flexibility index (Phi) is 4.47. The van der Waals surface area contributed by atoms with Crippen molar-refractivity contribution >= 4 is 28.1 Å². The quantitative estimate of drug-likeness (QED) is 0.783. The first-order valence-electron chi connectivity index (χ1n) is 8.53. The number of aromatic amines is 1. The lowest BCUT2D eigenvalue weighted by Gasteiger charge is -2.36. The molecule has 4 rings (SSSR count). The van der Waals surface area contributed by atoms with Gasteiger partial charge < -0.3 is 9.88 Å². The van der Waals surface area contributed by atoms with Crippen LogP contribution in [0.1, 0.15) is 5.56 Å². The highest BCUT2D eigenvalue weighted by molar-refractivity contribution is 6.33. The van der Waals surface area contributed by atoms with Crippen LogP contribution in [0.5, 0.6) is 0 Å². The topological polar surface area (TPSA) is 39.3 Å². The molecular formula is C20H20ClN3O. The van der Waals surface area contributed by atoms with Gasteiger partial charge in [0.25, 0.3) is 5.56 Å². The second-order valence-electron chi connectivity index (χ2n) is 6.41. The van der Waals surface area contributed by atoms with E-state index in [-0.39, 0.29) is 10.6 Å². The van der Waals surface area contributed by atoms with E-state index in [9.17, 15) is 4.79 Å². The van der Waals surface area contributed by atoms with Crippen molar-refractivity contribution in [2.24, 2.45) is 0 Å². The van der Waals surface area contributed by atoms with E-state index >= 15 is 0 Å². The lowest BCUT2D eigenvalue weighted by atomic mass is 10.0. The SMILES string of the molecule is O=c1[nH]ccc(N2CCN(Cc3cccc4ccccc34)CC2)c1Cl. The Morgan fingerprint density at radius 2 is 1.72 bits per heavy atom. The predicted molar refractivity (Wildman–Crippen MR) is 104 cm³/mol. The first-order chi connectivity index (χ1) is 12.2. The van der Waals surface area contributed by atoms with Crippen molar-refractivity contribution in [2.75, 3.05) is 31.1 Å². The average Bonchev–Trinajstić information content (AvgIpc) is 2.65. The van der Waals surface area contributed by atoms with Crippen molar-refractivity contribution in [1.29, 1.82) is 0 Å². The van der Waals surface area contributed by atoms with Crippen LogP contribution in [-0.2, 0) is 6.54 Å². The Morgan fingerprint density at radius 1 is 0.960 bits per heavy atom. The Hall–Kier alpha value is -2.30. The summed E-state index contributed by atoms with van der Waals surface area (Å²) in [4.78, 5) is 19.0. The van der Waals surface area contributed by atoms with E-state index in [1.54, 1.807) is 6.20 Å². The van der Waals surface area contributed by atoms with Gasteiger partial charge in [-0.15, -0.1) is 0 Å². The number of benzene rings is 2. The molecular weight excluding hydrogens is 334 g/mol. The zero-order valence-corrected chi connectivity index (χ0v) is 14.7. The number of anilines is 1. The predicted octanol–water partition coefficient (Wildman–Crippen LogP) is 3.50. The Morgan fingerprint density at radius 3 is 2.56 bits per heavy atom. The molecule has 1 N–H and O–H groups in total. The highest BCUT2D eigenvalue weighted by Crippen LogP contribution is 2.24. The van der Waals surface area contributed by atoms with Gasteiger partial charge in [-0.05, 0) is 22.4 Å². The molecule has 25 heavy (non-hydrogen) atoms. The first-order valence-corrected chi connectivity index (χ1v) is 8.91. The lowest BCUT2D eigenvalue weighted by Crippen LogP contribution is -2.46. The minimum absolute atomic E-state index is 0.225. The molecule has 2 heterocycles. The first kappa shape index (κ1) is 16.2. The molecule has 3 aromatic rings. The van der Waals surface area contributed by atoms with Crippen LogP contribution in [0.3, 0.4) is 0 Å². The molecule has 4 nitrogen and oxygen atoms in total. The second kappa shape index (κ2) is 6.90. The monoisotopic (exact) mass is 353 g/mol. The van der Waals surface area contributed by atoms with Crippen LogP contribution in [0.2, 0.25) is 5.02 Å². The third kappa shape index (κ3) is 3.28. The summed E-state index contributed by atoms with van der Waals surface area (Å²) in [5.74, 6) is 0. The summed E-state index contributed by atoms with van der Waals surface area (Å²) < 4.78 is 0. The van der Waals surface area contributed by atoms with Gasteiger partial charge in [0.15, 0.2) is 0 Å². The zero-order valence-electron chi connectivity index (χ0n) is 13.9. The van der Waals surface area contributed by atoms with Crippen molar-refractivity contribution in [1.82, 2.24) is 9.88 Å². The van der Waals surface area contributed by atoms with Crippen molar-refractivity contribution in [3.8, 4) is 0 Å². The molecule has 0 saturated carbocycles. The second-order valence-corrected chi connectivity index (χ2v) is 6.79. The van der Waals surface area contributed by atoms with Gasteiger partial charge in [0.2, 0.25) is 0 Å². The number of aromatic nitrogens is 1. The van der Waals surface area contributed by atoms with Crippen LogP contribution < -0.4 is 10.5 Å². The summed E-state index contributed by atoms with van der Waals surface area (Å²) in [5, 5.41) is 2.89. The molecule has 0 unspecified atom stereocenters. The number of pyridine rings is 1. The van der Waals surface area contributed by atoms with Gasteiger partial charge >= 0.3 is 0 Å². The van der Waals surface area contributed by atoms with E-state index < -0.39 is 0 Å². The summed E-state index contributed by atoms with van der Waals surface area (Å²) >= 11 is 6.16. The highest BCUT2D eigenvalue weighted by atomic mass is 35.5. The van der Waals surface area contributed by atoms with Crippen molar-refractivity contribution in [3.63, 3.8) is 0 Å². The van der Waals surface area contributed by atoms with Crippen LogP contribution in [-0.4, -0.2) is 36.1 Å². The van der Waals surface area contributed by atoms with Crippen molar-refractivity contribution in [2.45, 2.75) is 6.54 Å². The van der Waals surface area contributed by atoms with Crippen LogP contribution in [0.25, 0.3) is 10.8 Å². The molecule has 0 spiro atoms. The van der Waals surface area contributed by atoms with E-state index in [4.69, 9.17) is 11.6 Å². The number of hydrogen-bond acceptors (Lipinski definition) is 3. The maximum absolute atomic E-state index is 11.7. The highest BCUT2D eigenvalue weighted by Gasteiger charge is 2.20. The van der Waals surface area contributed by atoms with Crippen LogP contribution in [0, 0.1) is 0 Å². The van der Waals surface area contributed by atoms with Gasteiger partial charge in [-0.1, -0.05) is 54.1 Å². The van der Waals surface area contributed by atoms with Gasteiger partial charge in [-0.25, -0.2) is 0 Å². The fourth-order valence-electron chi connectivity index (χ4n) is 3.51. The van der Waals surface area contributed by atoms with Gasteiger partial charge in [-0.3, -0.25) is 9.69 Å². The maximum Gasteiger partial charge on any atom is 0.268 e. The van der Waals surface area contributed by atoms with Crippen LogP contribution in [0.4, 0.5) is 5.69 Å². The standard InChI is InChI=1S/C20H20ClN3O/c21-19-18(8-9-22-20(19)25)24-12-10-23(11-13-24)14-16-6-3-5-15-4-1-2-7-17(15)16/h1-9H,10-14H2,(H,22,25). The molecule has 0 atom stereocenters. The number of hydrogen-bond donors (Lipinski definition) is 1. The molecule has 5 heteroatoms. The third-order valence-electron chi connectivity index (χ3n) is 4.87. The van der Waals surface area contributed by atoms with E-state index in [1.165, 1.54) is 16.3 Å². The molecule has 2 aromatic carbocycles. The summed E-state index contributed by atoms with van der Waals surface area (Å²) in [7, 11) is 0. The Bertz CT molecular complexity index is 940. The van der Waals surface area contributed by atoms with E-state index in [2.05, 4.69) is 57.2 Å². The van der Waals surface area contributed by atoms with E-state index in [0.29, 0.717) is 0 Å². The largest absolute Gasteiger partial charge is 0.368 e. The number of H-pyrrole nitrogens is 1. The molecule has 0 bridgehead atoms. The van der Waals surface area contributed by atoms with Gasteiger partial charge in [0.05, 0.1) is 5.69 Å². The fourth-order valence-corrected chi connectivity index (χ4v) is 3.75. The zero-order chi connectivity index (χ0) is 17.2. The van der Waals surface area contributed by atoms with Crippen LogP contribution >= 0.6 is 11.6 Å². The minimum atomic E-state index is -0.225. The average molecular weight is 354 g/mol. The lowest BCUT2D eigenvalue weighted by molar-refractivity contribution is 0.250. The maximum atomic E-state index is 11.7. The normalized spacial score (nSPS) is 15.6. The minimum Gasteiger partial charge on any atom is -0.368 e. The Balaban J connectivity index is 1.47. The van der Waals surface area contributed by atoms with Crippen molar-refractivity contribution < 1.29 is 0 Å². The number of halogens is 1. The molecule has 1 fully saturated rings. The molecule has 1 aliphatic heterocycles. The van der Waals surface area contributed by atoms with Gasteiger partial charge in [0, 0.05) is 38.9 Å². The molecule has 128 valence electrons. The number of rotatable bonds is 3. The summed E-state index contributed by atoms with van der Waals surface area (Å²) in [5.41, 5.74) is 1.97. The number of fused-ring (bicyclic) bond motifs is 1. The van der Waals surface area contributed by atoms with Gasteiger partial charge in [-0.2, -0.15) is 0 Å². The summed E-state index contributed by atoms with van der Waals surface area (Å²) in [6.07, 6.45) is 1.66. The number of nitrogens with one attached hydrogen (secondary N) is 1. The third-order valence-corrected chi connectivity index (χ3v) is 5.23. The fraction of sp³-hybridized carbons (Fsp3) is 0.250. The molecule has 1 aromatic heterocycles. The Labute approximate surface area is 151 Å². The van der Waals surface area contributed by atoms with E-state index in [0.717, 1.165) is 38.4 Å². The molecule has 1 aliphatic rings. The smallest absolute Gasteiger partial charge is 0.268 e.